The molecule has 0 saturated carbocycles. The molecule has 0 bridgehead atoms. The van der Waals surface area contributed by atoms with Gasteiger partial charge >= 0.3 is 0 Å². The summed E-state index contributed by atoms with van der Waals surface area (Å²) in [5.74, 6) is 0. The Morgan fingerprint density at radius 3 is 2.68 bits per heavy atom. The lowest BCUT2D eigenvalue weighted by atomic mass is 10.1. The van der Waals surface area contributed by atoms with Crippen LogP contribution in [0.4, 0.5) is 0 Å². The van der Waals surface area contributed by atoms with Gasteiger partial charge in [0.25, 0.3) is 0 Å². The minimum absolute atomic E-state index is 0.308. The number of aryl methyl sites for hydroxylation is 1. The van der Waals surface area contributed by atoms with Crippen molar-refractivity contribution in [2.45, 2.75) is 32.7 Å². The Kier molecular flexibility index (Phi) is 5.61. The van der Waals surface area contributed by atoms with E-state index in [2.05, 4.69) is 71.5 Å². The van der Waals surface area contributed by atoms with Gasteiger partial charge in [0.1, 0.15) is 0 Å². The molecular weight excluding hydrogens is 318 g/mol. The van der Waals surface area contributed by atoms with Crippen LogP contribution in [-0.4, -0.2) is 6.54 Å². The Hall–Kier alpha value is -0.640. The lowest BCUT2D eigenvalue weighted by Gasteiger charge is -2.18. The Morgan fingerprint density at radius 2 is 2.05 bits per heavy atom. The topological polar surface area (TPSA) is 12.0 Å². The molecular formula is C16H20BrNS. The fourth-order valence-corrected chi connectivity index (χ4v) is 3.57. The fourth-order valence-electron chi connectivity index (χ4n) is 2.10. The van der Waals surface area contributed by atoms with Gasteiger partial charge in [0, 0.05) is 14.2 Å². The first kappa shape index (κ1) is 14.8. The van der Waals surface area contributed by atoms with Crippen molar-refractivity contribution in [3.8, 4) is 0 Å². The van der Waals surface area contributed by atoms with Crippen LogP contribution in [0.25, 0.3) is 0 Å². The molecule has 2 rings (SSSR count). The minimum atomic E-state index is 0.308. The SMILES string of the molecule is CCCNC(c1cccc(Br)c1)c1ccc(CC)s1. The summed E-state index contributed by atoms with van der Waals surface area (Å²) in [6.07, 6.45) is 2.26. The molecule has 0 aliphatic rings. The molecule has 1 nitrogen and oxygen atoms in total. The highest BCUT2D eigenvalue weighted by Gasteiger charge is 2.15. The van der Waals surface area contributed by atoms with Crippen LogP contribution in [-0.2, 0) is 6.42 Å². The third kappa shape index (κ3) is 3.91. The number of nitrogens with one attached hydrogen (secondary N) is 1. The molecule has 1 atom stereocenters. The third-order valence-corrected chi connectivity index (χ3v) is 4.88. The molecule has 0 spiro atoms. The summed E-state index contributed by atoms with van der Waals surface area (Å²) in [5, 5.41) is 3.66. The van der Waals surface area contributed by atoms with Gasteiger partial charge in [-0.2, -0.15) is 0 Å². The van der Waals surface area contributed by atoms with Crippen LogP contribution < -0.4 is 5.32 Å². The summed E-state index contributed by atoms with van der Waals surface area (Å²) in [6.45, 7) is 5.45. The predicted octanol–water partition coefficient (Wildman–Crippen LogP) is 5.16. The standard InChI is InChI=1S/C16H20BrNS/c1-3-10-18-16(12-6-5-7-13(17)11-12)15-9-8-14(4-2)19-15/h5-9,11,16,18H,3-4,10H2,1-2H3. The van der Waals surface area contributed by atoms with Gasteiger partial charge in [-0.1, -0.05) is 41.9 Å². The summed E-state index contributed by atoms with van der Waals surface area (Å²) in [6, 6.07) is 13.4. The molecule has 2 aromatic rings. The van der Waals surface area contributed by atoms with Crippen molar-refractivity contribution in [3.63, 3.8) is 0 Å². The van der Waals surface area contributed by atoms with Gasteiger partial charge in [-0.3, -0.25) is 0 Å². The number of hydrogen-bond acceptors (Lipinski definition) is 2. The van der Waals surface area contributed by atoms with E-state index < -0.39 is 0 Å². The van der Waals surface area contributed by atoms with Gasteiger partial charge in [0.15, 0.2) is 0 Å². The van der Waals surface area contributed by atoms with Crippen molar-refractivity contribution in [3.05, 3.63) is 56.2 Å². The molecule has 0 fully saturated rings. The smallest absolute Gasteiger partial charge is 0.0671 e. The fraction of sp³-hybridized carbons (Fsp3) is 0.375. The van der Waals surface area contributed by atoms with Crippen molar-refractivity contribution in [1.29, 1.82) is 0 Å². The molecule has 0 amide bonds. The molecule has 1 unspecified atom stereocenters. The molecule has 0 aliphatic heterocycles. The highest BCUT2D eigenvalue weighted by atomic mass is 79.9. The van der Waals surface area contributed by atoms with Crippen molar-refractivity contribution < 1.29 is 0 Å². The summed E-state index contributed by atoms with van der Waals surface area (Å²) in [7, 11) is 0. The average molecular weight is 338 g/mol. The Morgan fingerprint density at radius 1 is 1.21 bits per heavy atom. The summed E-state index contributed by atoms with van der Waals surface area (Å²) in [4.78, 5) is 2.86. The third-order valence-electron chi connectivity index (χ3n) is 3.10. The molecule has 0 radical (unpaired) electrons. The molecule has 0 aliphatic carbocycles. The van der Waals surface area contributed by atoms with Gasteiger partial charge < -0.3 is 5.32 Å². The number of rotatable bonds is 6. The molecule has 0 saturated heterocycles. The first-order chi connectivity index (χ1) is 9.24. The Bertz CT molecular complexity index is 521. The van der Waals surface area contributed by atoms with Crippen LogP contribution >= 0.6 is 27.3 Å². The molecule has 19 heavy (non-hydrogen) atoms. The van der Waals surface area contributed by atoms with Crippen LogP contribution in [0.3, 0.4) is 0 Å². The second-order valence-corrected chi connectivity index (χ2v) is 6.72. The monoisotopic (exact) mass is 337 g/mol. The van der Waals surface area contributed by atoms with Crippen molar-refractivity contribution >= 4 is 27.3 Å². The summed E-state index contributed by atoms with van der Waals surface area (Å²) in [5.41, 5.74) is 1.33. The highest BCUT2D eigenvalue weighted by Crippen LogP contribution is 2.30. The van der Waals surface area contributed by atoms with E-state index in [4.69, 9.17) is 0 Å². The Labute approximate surface area is 128 Å². The molecule has 1 heterocycles. The van der Waals surface area contributed by atoms with Crippen molar-refractivity contribution in [2.24, 2.45) is 0 Å². The first-order valence-corrected chi connectivity index (χ1v) is 8.43. The molecule has 102 valence electrons. The van der Waals surface area contributed by atoms with Gasteiger partial charge in [0.05, 0.1) is 6.04 Å². The normalized spacial score (nSPS) is 12.6. The molecule has 1 aromatic carbocycles. The zero-order valence-electron chi connectivity index (χ0n) is 11.4. The summed E-state index contributed by atoms with van der Waals surface area (Å²) < 4.78 is 1.14. The van der Waals surface area contributed by atoms with E-state index in [-0.39, 0.29) is 0 Å². The number of thiophene rings is 1. The number of benzene rings is 1. The van der Waals surface area contributed by atoms with Crippen LogP contribution in [0, 0.1) is 0 Å². The molecule has 3 heteroatoms. The maximum absolute atomic E-state index is 3.66. The van der Waals surface area contributed by atoms with Gasteiger partial charge in [0.2, 0.25) is 0 Å². The van der Waals surface area contributed by atoms with Crippen molar-refractivity contribution in [2.75, 3.05) is 6.54 Å². The van der Waals surface area contributed by atoms with Crippen LogP contribution in [0.15, 0.2) is 40.9 Å². The molecule has 1 N–H and O–H groups in total. The molecule has 1 aromatic heterocycles. The van der Waals surface area contributed by atoms with Gasteiger partial charge in [-0.25, -0.2) is 0 Å². The van der Waals surface area contributed by atoms with E-state index in [0.29, 0.717) is 6.04 Å². The maximum atomic E-state index is 3.66. The van der Waals surface area contributed by atoms with Crippen LogP contribution in [0.1, 0.15) is 41.6 Å². The van der Waals surface area contributed by atoms with E-state index in [1.54, 1.807) is 0 Å². The highest BCUT2D eigenvalue weighted by molar-refractivity contribution is 9.10. The number of hydrogen-bond donors (Lipinski definition) is 1. The van der Waals surface area contributed by atoms with E-state index in [0.717, 1.165) is 23.9 Å². The lowest BCUT2D eigenvalue weighted by molar-refractivity contribution is 0.605. The van der Waals surface area contributed by atoms with E-state index >= 15 is 0 Å². The van der Waals surface area contributed by atoms with Gasteiger partial charge in [-0.15, -0.1) is 11.3 Å². The van der Waals surface area contributed by atoms with Crippen LogP contribution in [0.2, 0.25) is 0 Å². The lowest BCUT2D eigenvalue weighted by Crippen LogP contribution is -2.22. The second kappa shape index (κ2) is 7.22. The first-order valence-electron chi connectivity index (χ1n) is 6.82. The summed E-state index contributed by atoms with van der Waals surface area (Å²) >= 11 is 5.48. The Balaban J connectivity index is 2.29. The van der Waals surface area contributed by atoms with E-state index in [1.807, 2.05) is 11.3 Å². The average Bonchev–Trinajstić information content (AvgIpc) is 2.88. The van der Waals surface area contributed by atoms with Crippen molar-refractivity contribution in [1.82, 2.24) is 5.32 Å². The minimum Gasteiger partial charge on any atom is -0.306 e. The zero-order chi connectivity index (χ0) is 13.7. The maximum Gasteiger partial charge on any atom is 0.0671 e. The zero-order valence-corrected chi connectivity index (χ0v) is 13.9. The number of halogens is 1. The van der Waals surface area contributed by atoms with Crippen LogP contribution in [0.5, 0.6) is 0 Å². The predicted molar refractivity (Wildman–Crippen MR) is 88.0 cm³/mol. The van der Waals surface area contributed by atoms with E-state index in [1.165, 1.54) is 15.3 Å². The quantitative estimate of drug-likeness (QED) is 0.767. The second-order valence-electron chi connectivity index (χ2n) is 4.60. The van der Waals surface area contributed by atoms with E-state index in [9.17, 15) is 0 Å². The largest absolute Gasteiger partial charge is 0.306 e. The van der Waals surface area contributed by atoms with Gasteiger partial charge in [-0.05, 0) is 49.2 Å².